The van der Waals surface area contributed by atoms with Gasteiger partial charge in [0.05, 0.1) is 10.8 Å². The maximum absolute atomic E-state index is 13.2. The van der Waals surface area contributed by atoms with Crippen molar-refractivity contribution in [2.24, 2.45) is 5.92 Å². The van der Waals surface area contributed by atoms with Crippen LogP contribution < -0.4 is 4.72 Å². The number of benzene rings is 1. The third-order valence-corrected chi connectivity index (χ3v) is 4.75. The first-order valence-electron chi connectivity index (χ1n) is 6.14. The fourth-order valence-electron chi connectivity index (χ4n) is 1.93. The van der Waals surface area contributed by atoms with E-state index in [9.17, 15) is 17.6 Å². The monoisotopic (exact) mass is 303 g/mol. The molecule has 0 saturated carbocycles. The lowest BCUT2D eigenvalue weighted by molar-refractivity contribution is -0.141. The van der Waals surface area contributed by atoms with Gasteiger partial charge in [0.2, 0.25) is 10.0 Å². The van der Waals surface area contributed by atoms with Gasteiger partial charge in [-0.2, -0.15) is 0 Å². The number of rotatable bonds is 6. The first-order valence-corrected chi connectivity index (χ1v) is 7.62. The van der Waals surface area contributed by atoms with Crippen LogP contribution in [0.15, 0.2) is 17.0 Å². The molecule has 1 aromatic rings. The summed E-state index contributed by atoms with van der Waals surface area (Å²) in [6, 6.07) is 2.31. The number of hydrogen-bond donors (Lipinski definition) is 2. The van der Waals surface area contributed by atoms with E-state index in [1.54, 1.807) is 0 Å². The average molecular weight is 303 g/mol. The van der Waals surface area contributed by atoms with Gasteiger partial charge >= 0.3 is 5.97 Å². The molecule has 0 aliphatic heterocycles. The van der Waals surface area contributed by atoms with Gasteiger partial charge in [0, 0.05) is 6.54 Å². The molecule has 2 N–H and O–H groups in total. The summed E-state index contributed by atoms with van der Waals surface area (Å²) >= 11 is 0. The highest BCUT2D eigenvalue weighted by molar-refractivity contribution is 7.89. The quantitative estimate of drug-likeness (QED) is 0.840. The summed E-state index contributed by atoms with van der Waals surface area (Å²) < 4.78 is 39.8. The maximum Gasteiger partial charge on any atom is 0.306 e. The molecule has 20 heavy (non-hydrogen) atoms. The van der Waals surface area contributed by atoms with E-state index >= 15 is 0 Å². The molecule has 0 saturated heterocycles. The Morgan fingerprint density at radius 1 is 1.35 bits per heavy atom. The van der Waals surface area contributed by atoms with Crippen molar-refractivity contribution in [1.29, 1.82) is 0 Å². The Kier molecular flexibility index (Phi) is 5.24. The number of hydrogen-bond acceptors (Lipinski definition) is 3. The van der Waals surface area contributed by atoms with Gasteiger partial charge in [-0.05, 0) is 43.5 Å². The van der Waals surface area contributed by atoms with Crippen LogP contribution in [-0.4, -0.2) is 26.0 Å². The lowest BCUT2D eigenvalue weighted by atomic mass is 10.1. The fourth-order valence-corrected chi connectivity index (χ4v) is 3.42. The Labute approximate surface area is 117 Å². The SMILES string of the molecule is Cc1cc(F)cc(C)c1S(=O)(=O)NCCC(C)C(=O)O. The smallest absolute Gasteiger partial charge is 0.306 e. The summed E-state index contributed by atoms with van der Waals surface area (Å²) in [5.41, 5.74) is 0.641. The standard InChI is InChI=1S/C13H18FNO4S/c1-8(13(16)17)4-5-15-20(18,19)12-9(2)6-11(14)7-10(12)3/h6-8,15H,4-5H2,1-3H3,(H,16,17). The molecule has 1 aromatic carbocycles. The van der Waals surface area contributed by atoms with E-state index in [0.29, 0.717) is 11.1 Å². The van der Waals surface area contributed by atoms with Gasteiger partial charge in [-0.25, -0.2) is 17.5 Å². The molecule has 7 heteroatoms. The van der Waals surface area contributed by atoms with Crippen molar-refractivity contribution in [2.45, 2.75) is 32.1 Å². The number of aryl methyl sites for hydroxylation is 2. The zero-order valence-electron chi connectivity index (χ0n) is 11.6. The van der Waals surface area contributed by atoms with E-state index < -0.39 is 27.7 Å². The zero-order valence-corrected chi connectivity index (χ0v) is 12.4. The fraction of sp³-hybridized carbons (Fsp3) is 0.462. The number of aliphatic carboxylic acids is 1. The third-order valence-electron chi connectivity index (χ3n) is 2.98. The van der Waals surface area contributed by atoms with Crippen LogP contribution in [0.4, 0.5) is 4.39 Å². The number of sulfonamides is 1. The second-order valence-electron chi connectivity index (χ2n) is 4.79. The summed E-state index contributed by atoms with van der Waals surface area (Å²) in [5.74, 6) is -2.09. The van der Waals surface area contributed by atoms with Gasteiger partial charge in [-0.3, -0.25) is 4.79 Å². The lowest BCUT2D eigenvalue weighted by Crippen LogP contribution is -2.28. The average Bonchev–Trinajstić information content (AvgIpc) is 2.26. The van der Waals surface area contributed by atoms with E-state index in [2.05, 4.69) is 4.72 Å². The molecule has 0 radical (unpaired) electrons. The molecule has 0 amide bonds. The molecule has 0 heterocycles. The minimum absolute atomic E-state index is 0.0199. The molecule has 0 aliphatic carbocycles. The third kappa shape index (κ3) is 4.01. The lowest BCUT2D eigenvalue weighted by Gasteiger charge is -2.13. The molecule has 0 aliphatic rings. The van der Waals surface area contributed by atoms with Crippen LogP contribution in [0.1, 0.15) is 24.5 Å². The van der Waals surface area contributed by atoms with Gasteiger partial charge in [0.1, 0.15) is 5.82 Å². The number of halogens is 1. The summed E-state index contributed by atoms with van der Waals surface area (Å²) in [7, 11) is -3.77. The topological polar surface area (TPSA) is 83.5 Å². The van der Waals surface area contributed by atoms with Crippen LogP contribution in [0.2, 0.25) is 0 Å². The minimum atomic E-state index is -3.77. The molecular formula is C13H18FNO4S. The second-order valence-corrected chi connectivity index (χ2v) is 6.50. The highest BCUT2D eigenvalue weighted by atomic mass is 32.2. The summed E-state index contributed by atoms with van der Waals surface area (Å²) in [4.78, 5) is 10.7. The molecule has 1 atom stereocenters. The molecule has 5 nitrogen and oxygen atoms in total. The Hall–Kier alpha value is -1.47. The largest absolute Gasteiger partial charge is 0.481 e. The number of carboxylic acids is 1. The van der Waals surface area contributed by atoms with Gasteiger partial charge in [0.25, 0.3) is 0 Å². The second kappa shape index (κ2) is 6.32. The van der Waals surface area contributed by atoms with E-state index in [1.807, 2.05) is 0 Å². The highest BCUT2D eigenvalue weighted by Crippen LogP contribution is 2.21. The number of carbonyl (C=O) groups is 1. The molecule has 0 spiro atoms. The van der Waals surface area contributed by atoms with E-state index in [1.165, 1.54) is 20.8 Å². The highest BCUT2D eigenvalue weighted by Gasteiger charge is 2.20. The summed E-state index contributed by atoms with van der Waals surface area (Å²) in [6.45, 7) is 4.56. The van der Waals surface area contributed by atoms with Gasteiger partial charge in [0.15, 0.2) is 0 Å². The van der Waals surface area contributed by atoms with Crippen LogP contribution in [0, 0.1) is 25.6 Å². The van der Waals surface area contributed by atoms with Crippen LogP contribution in [-0.2, 0) is 14.8 Å². The Bertz CT molecular complexity index is 590. The normalized spacial score (nSPS) is 13.2. The number of nitrogens with one attached hydrogen (secondary N) is 1. The number of carboxylic acid groups (broad SMARTS) is 1. The first kappa shape index (κ1) is 16.6. The van der Waals surface area contributed by atoms with Crippen molar-refractivity contribution < 1.29 is 22.7 Å². The summed E-state index contributed by atoms with van der Waals surface area (Å²) in [6.07, 6.45) is 0.188. The van der Waals surface area contributed by atoms with Gasteiger partial charge in [-0.1, -0.05) is 6.92 Å². The molecule has 0 aromatic heterocycles. The Morgan fingerprint density at radius 2 is 1.85 bits per heavy atom. The van der Waals surface area contributed by atoms with Crippen molar-refractivity contribution in [2.75, 3.05) is 6.54 Å². The molecule has 0 fully saturated rings. The van der Waals surface area contributed by atoms with Crippen molar-refractivity contribution in [3.8, 4) is 0 Å². The van der Waals surface area contributed by atoms with Crippen LogP contribution >= 0.6 is 0 Å². The van der Waals surface area contributed by atoms with Crippen molar-refractivity contribution in [3.63, 3.8) is 0 Å². The predicted octanol–water partition coefficient (Wildman–Crippen LogP) is 1.83. The zero-order chi connectivity index (χ0) is 15.5. The first-order chi connectivity index (χ1) is 9.15. The summed E-state index contributed by atoms with van der Waals surface area (Å²) in [5, 5.41) is 8.73. The van der Waals surface area contributed by atoms with Crippen LogP contribution in [0.3, 0.4) is 0 Å². The molecule has 1 unspecified atom stereocenters. The van der Waals surface area contributed by atoms with Crippen LogP contribution in [0.25, 0.3) is 0 Å². The van der Waals surface area contributed by atoms with Crippen molar-refractivity contribution >= 4 is 16.0 Å². The molecular weight excluding hydrogens is 285 g/mol. The molecule has 0 bridgehead atoms. The Balaban J connectivity index is 2.88. The van der Waals surface area contributed by atoms with E-state index in [-0.39, 0.29) is 17.9 Å². The van der Waals surface area contributed by atoms with Gasteiger partial charge in [-0.15, -0.1) is 0 Å². The Morgan fingerprint density at radius 3 is 2.30 bits per heavy atom. The van der Waals surface area contributed by atoms with Gasteiger partial charge < -0.3 is 5.11 Å². The molecule has 1 rings (SSSR count). The predicted molar refractivity (Wildman–Crippen MR) is 72.5 cm³/mol. The van der Waals surface area contributed by atoms with Crippen molar-refractivity contribution in [1.82, 2.24) is 4.72 Å². The van der Waals surface area contributed by atoms with Crippen molar-refractivity contribution in [3.05, 3.63) is 29.1 Å². The minimum Gasteiger partial charge on any atom is -0.481 e. The maximum atomic E-state index is 13.2. The molecule has 112 valence electrons. The van der Waals surface area contributed by atoms with E-state index in [0.717, 1.165) is 12.1 Å². The van der Waals surface area contributed by atoms with Crippen LogP contribution in [0.5, 0.6) is 0 Å². The van der Waals surface area contributed by atoms with E-state index in [4.69, 9.17) is 5.11 Å².